The second kappa shape index (κ2) is 6.92. The number of non-ortho nitro benzene ring substituents is 1. The molecule has 1 aliphatic carbocycles. The molecule has 1 amide bonds. The summed E-state index contributed by atoms with van der Waals surface area (Å²) in [6, 6.07) is 8.14. The third-order valence-corrected chi connectivity index (χ3v) is 5.26. The molecule has 24 heavy (non-hydrogen) atoms. The Balaban J connectivity index is 1.72. The summed E-state index contributed by atoms with van der Waals surface area (Å²) in [5, 5.41) is 14.9. The molecule has 2 aromatic rings. The number of nitrogens with one attached hydrogen (secondary N) is 1. The highest BCUT2D eigenvalue weighted by molar-refractivity contribution is 7.14. The summed E-state index contributed by atoms with van der Waals surface area (Å²) < 4.78 is 0. The van der Waals surface area contributed by atoms with Gasteiger partial charge in [0.25, 0.3) is 11.6 Å². The van der Waals surface area contributed by atoms with Gasteiger partial charge in [0, 0.05) is 22.6 Å². The summed E-state index contributed by atoms with van der Waals surface area (Å²) >= 11 is 1.53. The van der Waals surface area contributed by atoms with Crippen molar-refractivity contribution in [1.29, 1.82) is 0 Å². The number of hydrogen-bond donors (Lipinski definition) is 1. The van der Waals surface area contributed by atoms with Crippen molar-refractivity contribution in [2.45, 2.75) is 32.6 Å². The lowest BCUT2D eigenvalue weighted by molar-refractivity contribution is -0.384. The average Bonchev–Trinajstić information content (AvgIpc) is 3.03. The number of nitro groups is 1. The number of hydrazone groups is 1. The van der Waals surface area contributed by atoms with Gasteiger partial charge in [0.1, 0.15) is 0 Å². The second-order valence-electron chi connectivity index (χ2n) is 5.71. The Kier molecular flexibility index (Phi) is 4.71. The summed E-state index contributed by atoms with van der Waals surface area (Å²) in [6.07, 6.45) is 4.44. The van der Waals surface area contributed by atoms with Crippen molar-refractivity contribution in [2.24, 2.45) is 5.10 Å². The van der Waals surface area contributed by atoms with E-state index in [9.17, 15) is 14.9 Å². The van der Waals surface area contributed by atoms with Crippen LogP contribution >= 0.6 is 11.3 Å². The standard InChI is InChI=1S/C17H17N3O3S/c1-11(12-6-4-7-14(9-12)20(22)23)18-19-17(21)16-10-13-5-2-3-8-15(13)24-16/h4,6-7,9-10H,2-3,5,8H2,1H3,(H,19,21). The summed E-state index contributed by atoms with van der Waals surface area (Å²) in [5.41, 5.74) is 4.95. The first-order valence-corrected chi connectivity index (χ1v) is 8.57. The first kappa shape index (κ1) is 16.3. The van der Waals surface area contributed by atoms with E-state index in [1.807, 2.05) is 6.07 Å². The van der Waals surface area contributed by atoms with Crippen molar-refractivity contribution in [3.05, 3.63) is 61.3 Å². The third-order valence-electron chi connectivity index (χ3n) is 4.02. The monoisotopic (exact) mass is 343 g/mol. The van der Waals surface area contributed by atoms with Gasteiger partial charge in [0.15, 0.2) is 0 Å². The number of nitro benzene ring substituents is 1. The van der Waals surface area contributed by atoms with Crippen molar-refractivity contribution in [3.63, 3.8) is 0 Å². The van der Waals surface area contributed by atoms with Crippen LogP contribution in [0, 0.1) is 10.1 Å². The van der Waals surface area contributed by atoms with Crippen LogP contribution < -0.4 is 5.43 Å². The first-order valence-electron chi connectivity index (χ1n) is 7.75. The molecular weight excluding hydrogens is 326 g/mol. The smallest absolute Gasteiger partial charge is 0.266 e. The quantitative estimate of drug-likeness (QED) is 0.522. The molecule has 1 N–H and O–H groups in total. The Labute approximate surface area is 143 Å². The fourth-order valence-electron chi connectivity index (χ4n) is 2.70. The van der Waals surface area contributed by atoms with Gasteiger partial charge in [-0.1, -0.05) is 12.1 Å². The molecular formula is C17H17N3O3S. The lowest BCUT2D eigenvalue weighted by atomic mass is 9.99. The molecule has 0 spiro atoms. The highest BCUT2D eigenvalue weighted by Crippen LogP contribution is 2.29. The number of aryl methyl sites for hydroxylation is 2. The molecule has 1 aromatic carbocycles. The van der Waals surface area contributed by atoms with Crippen molar-refractivity contribution in [2.75, 3.05) is 0 Å². The first-order chi connectivity index (χ1) is 11.5. The number of amides is 1. The Morgan fingerprint density at radius 1 is 1.29 bits per heavy atom. The number of carbonyl (C=O) groups is 1. The SMILES string of the molecule is CC(=NNC(=O)c1cc2c(s1)CCCC2)c1cccc([N+](=O)[O-])c1. The van der Waals surface area contributed by atoms with Crippen molar-refractivity contribution >= 4 is 28.6 Å². The maximum atomic E-state index is 12.3. The van der Waals surface area contributed by atoms with Gasteiger partial charge in [0.2, 0.25) is 0 Å². The van der Waals surface area contributed by atoms with Crippen LogP contribution in [0.15, 0.2) is 35.4 Å². The highest BCUT2D eigenvalue weighted by Gasteiger charge is 2.17. The molecule has 124 valence electrons. The topological polar surface area (TPSA) is 84.6 Å². The summed E-state index contributed by atoms with van der Waals surface area (Å²) in [7, 11) is 0. The van der Waals surface area contributed by atoms with Crippen LogP contribution in [0.1, 0.15) is 45.4 Å². The van der Waals surface area contributed by atoms with Crippen LogP contribution in [0.4, 0.5) is 5.69 Å². The van der Waals surface area contributed by atoms with Gasteiger partial charge in [-0.3, -0.25) is 14.9 Å². The zero-order valence-electron chi connectivity index (χ0n) is 13.2. The van der Waals surface area contributed by atoms with Crippen molar-refractivity contribution in [1.82, 2.24) is 5.43 Å². The molecule has 0 unspecified atom stereocenters. The molecule has 0 atom stereocenters. The van der Waals surface area contributed by atoms with Gasteiger partial charge >= 0.3 is 0 Å². The minimum atomic E-state index is -0.453. The number of carbonyl (C=O) groups excluding carboxylic acids is 1. The normalized spacial score (nSPS) is 14.1. The van der Waals surface area contributed by atoms with Gasteiger partial charge in [-0.05, 0) is 44.2 Å². The molecule has 7 heteroatoms. The number of benzene rings is 1. The van der Waals surface area contributed by atoms with Gasteiger partial charge in [-0.25, -0.2) is 5.43 Å². The lowest BCUT2D eigenvalue weighted by Gasteiger charge is -2.08. The van der Waals surface area contributed by atoms with Crippen LogP contribution in [0.5, 0.6) is 0 Å². The van der Waals surface area contributed by atoms with Crippen molar-refractivity contribution in [3.8, 4) is 0 Å². The van der Waals surface area contributed by atoms with Crippen LogP contribution in [0.25, 0.3) is 0 Å². The van der Waals surface area contributed by atoms with E-state index in [1.165, 1.54) is 46.8 Å². The Bertz CT molecular complexity index is 803. The molecule has 0 saturated carbocycles. The number of rotatable bonds is 4. The fourth-order valence-corrected chi connectivity index (χ4v) is 3.84. The molecule has 3 rings (SSSR count). The molecule has 0 fully saturated rings. The molecule has 0 saturated heterocycles. The number of fused-ring (bicyclic) bond motifs is 1. The van der Waals surface area contributed by atoms with E-state index in [1.54, 1.807) is 19.1 Å². The lowest BCUT2D eigenvalue weighted by Crippen LogP contribution is -2.18. The van der Waals surface area contributed by atoms with Gasteiger partial charge in [-0.2, -0.15) is 5.10 Å². The second-order valence-corrected chi connectivity index (χ2v) is 6.85. The van der Waals surface area contributed by atoms with E-state index in [-0.39, 0.29) is 11.6 Å². The number of hydrogen-bond acceptors (Lipinski definition) is 5. The van der Waals surface area contributed by atoms with E-state index in [2.05, 4.69) is 10.5 Å². The van der Waals surface area contributed by atoms with Crippen LogP contribution in [-0.2, 0) is 12.8 Å². The zero-order chi connectivity index (χ0) is 17.1. The maximum absolute atomic E-state index is 12.3. The molecule has 0 bridgehead atoms. The Morgan fingerprint density at radius 3 is 2.83 bits per heavy atom. The predicted octanol–water partition coefficient (Wildman–Crippen LogP) is 3.69. The molecule has 1 heterocycles. The summed E-state index contributed by atoms with van der Waals surface area (Å²) in [5.74, 6) is -0.237. The van der Waals surface area contributed by atoms with Crippen LogP contribution in [-0.4, -0.2) is 16.5 Å². The van der Waals surface area contributed by atoms with Crippen LogP contribution in [0.2, 0.25) is 0 Å². The Morgan fingerprint density at radius 2 is 2.08 bits per heavy atom. The van der Waals surface area contributed by atoms with E-state index in [0.29, 0.717) is 16.2 Å². The largest absolute Gasteiger partial charge is 0.281 e. The minimum absolute atomic E-state index is 0.000640. The average molecular weight is 343 g/mol. The predicted molar refractivity (Wildman–Crippen MR) is 93.7 cm³/mol. The maximum Gasteiger partial charge on any atom is 0.281 e. The highest BCUT2D eigenvalue weighted by atomic mass is 32.1. The minimum Gasteiger partial charge on any atom is -0.266 e. The number of thiophene rings is 1. The van der Waals surface area contributed by atoms with Gasteiger partial charge in [-0.15, -0.1) is 11.3 Å². The van der Waals surface area contributed by atoms with Crippen LogP contribution in [0.3, 0.4) is 0 Å². The fraction of sp³-hybridized carbons (Fsp3) is 0.294. The van der Waals surface area contributed by atoms with E-state index >= 15 is 0 Å². The van der Waals surface area contributed by atoms with E-state index < -0.39 is 4.92 Å². The van der Waals surface area contributed by atoms with E-state index in [0.717, 1.165) is 12.8 Å². The molecule has 6 nitrogen and oxygen atoms in total. The molecule has 1 aliphatic rings. The zero-order valence-corrected chi connectivity index (χ0v) is 14.1. The summed E-state index contributed by atoms with van der Waals surface area (Å²) in [6.45, 7) is 1.71. The summed E-state index contributed by atoms with van der Waals surface area (Å²) in [4.78, 5) is 24.6. The third kappa shape index (κ3) is 3.51. The Hall–Kier alpha value is -2.54. The molecule has 0 radical (unpaired) electrons. The van der Waals surface area contributed by atoms with Gasteiger partial charge in [0.05, 0.1) is 15.5 Å². The molecule has 0 aliphatic heterocycles. The number of nitrogens with zero attached hydrogens (tertiary/aromatic N) is 2. The van der Waals surface area contributed by atoms with Crippen molar-refractivity contribution < 1.29 is 9.72 Å². The van der Waals surface area contributed by atoms with Gasteiger partial charge < -0.3 is 0 Å². The molecule has 1 aromatic heterocycles. The van der Waals surface area contributed by atoms with E-state index in [4.69, 9.17) is 0 Å².